The number of hydrogen-bond donors (Lipinski definition) is 0. The van der Waals surface area contributed by atoms with E-state index in [0.29, 0.717) is 43.2 Å². The summed E-state index contributed by atoms with van der Waals surface area (Å²) in [6.45, 7) is 11.0. The van der Waals surface area contributed by atoms with E-state index in [1.165, 1.54) is 0 Å². The third-order valence-electron chi connectivity index (χ3n) is 4.54. The van der Waals surface area contributed by atoms with Crippen molar-refractivity contribution in [2.24, 2.45) is 23.7 Å². The van der Waals surface area contributed by atoms with E-state index in [9.17, 15) is 9.59 Å². The Morgan fingerprint density at radius 1 is 0.857 bits per heavy atom. The van der Waals surface area contributed by atoms with Crippen LogP contribution in [0.2, 0.25) is 0 Å². The van der Waals surface area contributed by atoms with Gasteiger partial charge in [0, 0.05) is 25.9 Å². The minimum absolute atomic E-state index is 0.223. The van der Waals surface area contributed by atoms with Gasteiger partial charge in [-0.3, -0.25) is 9.59 Å². The molecule has 0 N–H and O–H groups in total. The zero-order valence-electron chi connectivity index (χ0n) is 14.0. The lowest BCUT2D eigenvalue weighted by Crippen LogP contribution is -2.39. The topological polar surface area (TPSA) is 40.6 Å². The van der Waals surface area contributed by atoms with Gasteiger partial charge in [-0.2, -0.15) is 0 Å². The maximum atomic E-state index is 12.1. The van der Waals surface area contributed by atoms with E-state index in [2.05, 4.69) is 27.7 Å². The average Bonchev–Trinajstić information content (AvgIpc) is 2.82. The summed E-state index contributed by atoms with van der Waals surface area (Å²) < 4.78 is 0. The summed E-state index contributed by atoms with van der Waals surface area (Å²) in [7, 11) is 0. The van der Waals surface area contributed by atoms with Gasteiger partial charge < -0.3 is 9.80 Å². The third-order valence-corrected chi connectivity index (χ3v) is 4.54. The fourth-order valence-corrected chi connectivity index (χ4v) is 3.84. The third kappa shape index (κ3) is 4.45. The number of amides is 2. The van der Waals surface area contributed by atoms with E-state index >= 15 is 0 Å². The lowest BCUT2D eigenvalue weighted by atomic mass is 9.96. The minimum atomic E-state index is 0.223. The van der Waals surface area contributed by atoms with Crippen LogP contribution in [0.1, 0.15) is 53.4 Å². The van der Waals surface area contributed by atoms with Gasteiger partial charge in [-0.05, 0) is 36.5 Å². The molecule has 2 saturated heterocycles. The van der Waals surface area contributed by atoms with Crippen molar-refractivity contribution < 1.29 is 9.59 Å². The second-order valence-corrected chi connectivity index (χ2v) is 7.77. The zero-order valence-corrected chi connectivity index (χ0v) is 14.0. The molecule has 2 aliphatic heterocycles. The number of likely N-dealkylation sites (tertiary alicyclic amines) is 2. The zero-order chi connectivity index (χ0) is 15.6. The highest BCUT2D eigenvalue weighted by molar-refractivity contribution is 5.81. The van der Waals surface area contributed by atoms with Crippen LogP contribution in [0.3, 0.4) is 0 Å². The molecule has 2 heterocycles. The van der Waals surface area contributed by atoms with Crippen molar-refractivity contribution in [3.8, 4) is 0 Å². The molecule has 4 nitrogen and oxygen atoms in total. The van der Waals surface area contributed by atoms with Crippen LogP contribution < -0.4 is 0 Å². The highest BCUT2D eigenvalue weighted by Gasteiger charge is 2.35. The van der Waals surface area contributed by atoms with Crippen molar-refractivity contribution in [2.75, 3.05) is 19.8 Å². The smallest absolute Gasteiger partial charge is 0.224 e. The van der Waals surface area contributed by atoms with Gasteiger partial charge in [0.25, 0.3) is 0 Å². The Morgan fingerprint density at radius 2 is 1.24 bits per heavy atom. The maximum absolute atomic E-state index is 12.1. The molecule has 4 heteroatoms. The van der Waals surface area contributed by atoms with Gasteiger partial charge in [-0.15, -0.1) is 0 Å². The number of hydrogen-bond acceptors (Lipinski definition) is 2. The molecule has 0 saturated carbocycles. The molecule has 2 atom stereocenters. The predicted octanol–water partition coefficient (Wildman–Crippen LogP) is 2.73. The van der Waals surface area contributed by atoms with E-state index in [-0.39, 0.29) is 11.8 Å². The van der Waals surface area contributed by atoms with Crippen LogP contribution in [-0.4, -0.2) is 41.4 Å². The minimum Gasteiger partial charge on any atom is -0.325 e. The molecule has 120 valence electrons. The summed E-state index contributed by atoms with van der Waals surface area (Å²) in [6.07, 6.45) is 3.53. The molecular formula is C17H30N2O2. The standard InChI is InChI=1S/C17H30N2O2/c1-12(2)5-14-7-16(20)18(9-14)11-19-10-15(6-13(3)4)8-17(19)21/h12-15H,5-11H2,1-4H3/t14-,15?/m0/s1. The van der Waals surface area contributed by atoms with Gasteiger partial charge in [-0.1, -0.05) is 27.7 Å². The molecule has 0 aromatic rings. The van der Waals surface area contributed by atoms with Gasteiger partial charge in [0.05, 0.1) is 6.67 Å². The summed E-state index contributed by atoms with van der Waals surface area (Å²) >= 11 is 0. The number of carbonyl (C=O) groups excluding carboxylic acids is 2. The van der Waals surface area contributed by atoms with Crippen molar-refractivity contribution in [3.05, 3.63) is 0 Å². The molecular weight excluding hydrogens is 264 g/mol. The van der Waals surface area contributed by atoms with Crippen molar-refractivity contribution in [1.82, 2.24) is 9.80 Å². The molecule has 2 fully saturated rings. The van der Waals surface area contributed by atoms with Crippen molar-refractivity contribution in [1.29, 1.82) is 0 Å². The van der Waals surface area contributed by atoms with E-state index in [1.807, 2.05) is 9.80 Å². The average molecular weight is 294 g/mol. The Morgan fingerprint density at radius 3 is 1.57 bits per heavy atom. The summed E-state index contributed by atoms with van der Waals surface area (Å²) in [5.74, 6) is 2.66. The SMILES string of the molecule is CC(C)CC1CC(=O)N(CN2C[C@@H](CC(C)C)CC2=O)C1. The van der Waals surface area contributed by atoms with Crippen LogP contribution in [0.15, 0.2) is 0 Å². The molecule has 1 unspecified atom stereocenters. The maximum Gasteiger partial charge on any atom is 0.224 e. The summed E-state index contributed by atoms with van der Waals surface area (Å²) in [5.41, 5.74) is 0. The van der Waals surface area contributed by atoms with Gasteiger partial charge in [0.1, 0.15) is 0 Å². The van der Waals surface area contributed by atoms with Crippen LogP contribution in [-0.2, 0) is 9.59 Å². The normalized spacial score (nSPS) is 26.8. The Balaban J connectivity index is 1.84. The fraction of sp³-hybridized carbons (Fsp3) is 0.882. The molecule has 2 aliphatic rings. The quantitative estimate of drug-likeness (QED) is 0.756. The summed E-state index contributed by atoms with van der Waals surface area (Å²) in [5, 5.41) is 0. The second kappa shape index (κ2) is 6.80. The highest BCUT2D eigenvalue weighted by Crippen LogP contribution is 2.28. The van der Waals surface area contributed by atoms with Gasteiger partial charge >= 0.3 is 0 Å². The Bertz CT molecular complexity index is 356. The monoisotopic (exact) mass is 294 g/mol. The van der Waals surface area contributed by atoms with Gasteiger partial charge in [-0.25, -0.2) is 0 Å². The van der Waals surface area contributed by atoms with Crippen LogP contribution in [0, 0.1) is 23.7 Å². The first-order valence-corrected chi connectivity index (χ1v) is 8.40. The number of rotatable bonds is 6. The molecule has 0 radical (unpaired) electrons. The second-order valence-electron chi connectivity index (χ2n) is 7.77. The molecule has 0 spiro atoms. The first-order chi connectivity index (χ1) is 9.85. The molecule has 0 aliphatic carbocycles. The highest BCUT2D eigenvalue weighted by atomic mass is 16.2. The van der Waals surface area contributed by atoms with Crippen LogP contribution in [0.5, 0.6) is 0 Å². The van der Waals surface area contributed by atoms with Crippen molar-refractivity contribution >= 4 is 11.8 Å². The molecule has 2 amide bonds. The predicted molar refractivity (Wildman–Crippen MR) is 83.4 cm³/mol. The van der Waals surface area contributed by atoms with E-state index in [4.69, 9.17) is 0 Å². The van der Waals surface area contributed by atoms with Gasteiger partial charge in [0.2, 0.25) is 11.8 Å². The Labute approximate surface area is 128 Å². The molecule has 0 bridgehead atoms. The summed E-state index contributed by atoms with van der Waals surface area (Å²) in [6, 6.07) is 0. The Hall–Kier alpha value is -1.06. The first kappa shape index (κ1) is 16.3. The number of carbonyl (C=O) groups is 2. The van der Waals surface area contributed by atoms with E-state index in [1.54, 1.807) is 0 Å². The lowest BCUT2D eigenvalue weighted by Gasteiger charge is -2.25. The van der Waals surface area contributed by atoms with E-state index in [0.717, 1.165) is 25.9 Å². The first-order valence-electron chi connectivity index (χ1n) is 8.40. The fourth-order valence-electron chi connectivity index (χ4n) is 3.84. The van der Waals surface area contributed by atoms with Crippen LogP contribution in [0.25, 0.3) is 0 Å². The van der Waals surface area contributed by atoms with E-state index < -0.39 is 0 Å². The van der Waals surface area contributed by atoms with Crippen molar-refractivity contribution in [3.63, 3.8) is 0 Å². The number of nitrogens with zero attached hydrogens (tertiary/aromatic N) is 2. The molecule has 2 rings (SSSR count). The van der Waals surface area contributed by atoms with Gasteiger partial charge in [0.15, 0.2) is 0 Å². The molecule has 21 heavy (non-hydrogen) atoms. The largest absolute Gasteiger partial charge is 0.325 e. The molecule has 0 aromatic carbocycles. The van der Waals surface area contributed by atoms with Crippen LogP contribution in [0.4, 0.5) is 0 Å². The molecule has 0 aromatic heterocycles. The Kier molecular flexibility index (Phi) is 5.28. The summed E-state index contributed by atoms with van der Waals surface area (Å²) in [4.78, 5) is 28.0. The van der Waals surface area contributed by atoms with Crippen molar-refractivity contribution in [2.45, 2.75) is 53.4 Å². The lowest BCUT2D eigenvalue weighted by molar-refractivity contribution is -0.134. The van der Waals surface area contributed by atoms with Crippen LogP contribution >= 0.6 is 0 Å².